The summed E-state index contributed by atoms with van der Waals surface area (Å²) in [6.45, 7) is 0.682. The second-order valence-electron chi connectivity index (χ2n) is 4.03. The zero-order chi connectivity index (χ0) is 11.6. The van der Waals surface area contributed by atoms with Crippen LogP contribution in [0.25, 0.3) is 0 Å². The summed E-state index contributed by atoms with van der Waals surface area (Å²) in [6, 6.07) is 5.76. The van der Waals surface area contributed by atoms with Gasteiger partial charge in [0.1, 0.15) is 5.82 Å². The highest BCUT2D eigenvalue weighted by atomic mass is 32.2. The Morgan fingerprint density at radius 3 is 2.62 bits per heavy atom. The maximum Gasteiger partial charge on any atom is 0.152 e. The lowest BCUT2D eigenvalue weighted by atomic mass is 10.1. The molecule has 3 nitrogen and oxygen atoms in total. The molecule has 2 rings (SSSR count). The molecule has 1 saturated heterocycles. The van der Waals surface area contributed by atoms with Gasteiger partial charge in [-0.05, 0) is 30.7 Å². The zero-order valence-corrected chi connectivity index (χ0v) is 9.63. The van der Waals surface area contributed by atoms with Crippen molar-refractivity contribution in [2.75, 3.05) is 18.1 Å². The molecule has 1 atom stereocenters. The van der Waals surface area contributed by atoms with Crippen molar-refractivity contribution in [2.45, 2.75) is 12.5 Å². The van der Waals surface area contributed by atoms with Gasteiger partial charge in [-0.2, -0.15) is 0 Å². The largest absolute Gasteiger partial charge is 0.309 e. The number of rotatable bonds is 1. The fraction of sp³-hybridized carbons (Fsp3) is 0.455. The van der Waals surface area contributed by atoms with E-state index in [1.807, 2.05) is 0 Å². The molecule has 1 N–H and O–H groups in total. The Bertz CT molecular complexity index is 455. The average Bonchev–Trinajstić information content (AvgIpc) is 2.40. The summed E-state index contributed by atoms with van der Waals surface area (Å²) in [5.41, 5.74) is 0.826. The monoisotopic (exact) mass is 243 g/mol. The highest BCUT2D eigenvalue weighted by Crippen LogP contribution is 2.18. The van der Waals surface area contributed by atoms with Crippen LogP contribution in [0.4, 0.5) is 4.39 Å². The molecule has 0 aromatic heterocycles. The fourth-order valence-electron chi connectivity index (χ4n) is 1.87. The molecule has 1 aliphatic rings. The first-order valence-corrected chi connectivity index (χ1v) is 7.08. The summed E-state index contributed by atoms with van der Waals surface area (Å²) in [4.78, 5) is 0. The van der Waals surface area contributed by atoms with Crippen molar-refractivity contribution in [2.24, 2.45) is 0 Å². The van der Waals surface area contributed by atoms with Crippen LogP contribution in [-0.2, 0) is 9.84 Å². The van der Waals surface area contributed by atoms with Crippen molar-refractivity contribution in [3.63, 3.8) is 0 Å². The molecular formula is C11H14FNO2S. The molecule has 1 unspecified atom stereocenters. The van der Waals surface area contributed by atoms with Gasteiger partial charge in [-0.3, -0.25) is 0 Å². The van der Waals surface area contributed by atoms with Crippen LogP contribution < -0.4 is 5.32 Å². The number of nitrogens with one attached hydrogen (secondary N) is 1. The van der Waals surface area contributed by atoms with Crippen LogP contribution >= 0.6 is 0 Å². The van der Waals surface area contributed by atoms with Crippen LogP contribution in [0.15, 0.2) is 24.3 Å². The molecule has 0 spiro atoms. The van der Waals surface area contributed by atoms with Crippen LogP contribution in [-0.4, -0.2) is 26.5 Å². The summed E-state index contributed by atoms with van der Waals surface area (Å²) in [5, 5.41) is 3.17. The summed E-state index contributed by atoms with van der Waals surface area (Å²) in [7, 11) is -2.98. The Balaban J connectivity index is 2.22. The highest BCUT2D eigenvalue weighted by molar-refractivity contribution is 7.91. The predicted octanol–water partition coefficient (Wildman–Crippen LogP) is 1.27. The molecule has 1 heterocycles. The van der Waals surface area contributed by atoms with Gasteiger partial charge in [0.05, 0.1) is 11.5 Å². The topological polar surface area (TPSA) is 46.2 Å². The molecule has 1 aromatic rings. The van der Waals surface area contributed by atoms with E-state index in [4.69, 9.17) is 0 Å². The molecule has 0 aliphatic carbocycles. The quantitative estimate of drug-likeness (QED) is 0.808. The minimum absolute atomic E-state index is 0.0959. The van der Waals surface area contributed by atoms with Crippen LogP contribution in [0.1, 0.15) is 18.0 Å². The normalized spacial score (nSPS) is 24.9. The predicted molar refractivity (Wildman–Crippen MR) is 60.4 cm³/mol. The van der Waals surface area contributed by atoms with Gasteiger partial charge in [0.25, 0.3) is 0 Å². The standard InChI is InChI=1S/C11H14FNO2S/c12-10-4-2-9(3-5-10)11-8-16(14,15)7-1-6-13-11/h2-5,11,13H,1,6-8H2. The zero-order valence-electron chi connectivity index (χ0n) is 8.82. The molecule has 0 amide bonds. The van der Waals surface area contributed by atoms with Gasteiger partial charge in [-0.1, -0.05) is 12.1 Å². The number of sulfone groups is 1. The SMILES string of the molecule is O=S1(=O)CCCNC(c2ccc(F)cc2)C1. The lowest BCUT2D eigenvalue weighted by molar-refractivity contribution is 0.570. The molecule has 1 fully saturated rings. The van der Waals surface area contributed by atoms with Crippen molar-refractivity contribution >= 4 is 9.84 Å². The maximum atomic E-state index is 12.7. The molecule has 0 saturated carbocycles. The van der Waals surface area contributed by atoms with Crippen LogP contribution in [0.3, 0.4) is 0 Å². The molecule has 5 heteroatoms. The van der Waals surface area contributed by atoms with Crippen molar-refractivity contribution in [3.8, 4) is 0 Å². The van der Waals surface area contributed by atoms with E-state index in [1.165, 1.54) is 12.1 Å². The lowest BCUT2D eigenvalue weighted by Crippen LogP contribution is -2.25. The third-order valence-electron chi connectivity index (χ3n) is 2.72. The van der Waals surface area contributed by atoms with E-state index in [9.17, 15) is 12.8 Å². The molecule has 0 bridgehead atoms. The Morgan fingerprint density at radius 2 is 1.94 bits per heavy atom. The van der Waals surface area contributed by atoms with Crippen LogP contribution in [0.2, 0.25) is 0 Å². The first-order chi connectivity index (χ1) is 7.57. The van der Waals surface area contributed by atoms with E-state index in [0.717, 1.165) is 5.56 Å². The molecule has 0 radical (unpaired) electrons. The second-order valence-corrected chi connectivity index (χ2v) is 6.25. The number of hydrogen-bond donors (Lipinski definition) is 1. The molecule has 1 aliphatic heterocycles. The van der Waals surface area contributed by atoms with Gasteiger partial charge >= 0.3 is 0 Å². The first-order valence-electron chi connectivity index (χ1n) is 5.26. The molecule has 88 valence electrons. The summed E-state index contributed by atoms with van der Waals surface area (Å²) in [6.07, 6.45) is 0.639. The summed E-state index contributed by atoms with van der Waals surface area (Å²) >= 11 is 0. The van der Waals surface area contributed by atoms with E-state index in [2.05, 4.69) is 5.32 Å². The van der Waals surface area contributed by atoms with Gasteiger partial charge in [0, 0.05) is 6.04 Å². The Kier molecular flexibility index (Phi) is 3.25. The maximum absolute atomic E-state index is 12.7. The first kappa shape index (κ1) is 11.5. The highest BCUT2D eigenvalue weighted by Gasteiger charge is 2.23. The van der Waals surface area contributed by atoms with E-state index in [1.54, 1.807) is 12.1 Å². The second kappa shape index (κ2) is 4.51. The van der Waals surface area contributed by atoms with E-state index in [-0.39, 0.29) is 23.4 Å². The van der Waals surface area contributed by atoms with Crippen LogP contribution in [0.5, 0.6) is 0 Å². The van der Waals surface area contributed by atoms with Gasteiger partial charge < -0.3 is 5.32 Å². The number of hydrogen-bond acceptors (Lipinski definition) is 3. The van der Waals surface area contributed by atoms with E-state index < -0.39 is 9.84 Å². The third-order valence-corrected chi connectivity index (χ3v) is 4.47. The Morgan fingerprint density at radius 1 is 1.25 bits per heavy atom. The smallest absolute Gasteiger partial charge is 0.152 e. The third kappa shape index (κ3) is 2.80. The summed E-state index contributed by atoms with van der Waals surface area (Å²) in [5.74, 6) is 0.0243. The van der Waals surface area contributed by atoms with Crippen molar-refractivity contribution in [3.05, 3.63) is 35.6 Å². The summed E-state index contributed by atoms with van der Waals surface area (Å²) < 4.78 is 36.0. The number of halogens is 1. The average molecular weight is 243 g/mol. The Hall–Kier alpha value is -0.940. The van der Waals surface area contributed by atoms with Crippen molar-refractivity contribution in [1.29, 1.82) is 0 Å². The fourth-order valence-corrected chi connectivity index (χ4v) is 3.44. The Labute approximate surface area is 94.6 Å². The molecular weight excluding hydrogens is 229 g/mol. The minimum Gasteiger partial charge on any atom is -0.309 e. The van der Waals surface area contributed by atoms with Crippen molar-refractivity contribution < 1.29 is 12.8 Å². The van der Waals surface area contributed by atoms with Gasteiger partial charge in [0.15, 0.2) is 9.84 Å². The van der Waals surface area contributed by atoms with E-state index in [0.29, 0.717) is 13.0 Å². The van der Waals surface area contributed by atoms with E-state index >= 15 is 0 Å². The van der Waals surface area contributed by atoms with Crippen molar-refractivity contribution in [1.82, 2.24) is 5.32 Å². The van der Waals surface area contributed by atoms with Gasteiger partial charge in [-0.25, -0.2) is 12.8 Å². The number of benzene rings is 1. The minimum atomic E-state index is -2.98. The molecule has 16 heavy (non-hydrogen) atoms. The molecule has 1 aromatic carbocycles. The van der Waals surface area contributed by atoms with Crippen LogP contribution in [0, 0.1) is 5.82 Å². The van der Waals surface area contributed by atoms with Gasteiger partial charge in [0.2, 0.25) is 0 Å². The van der Waals surface area contributed by atoms with Gasteiger partial charge in [-0.15, -0.1) is 0 Å². The lowest BCUT2D eigenvalue weighted by Gasteiger charge is -2.15.